The van der Waals surface area contributed by atoms with Gasteiger partial charge in [-0.1, -0.05) is 54.1 Å². The zero-order valence-electron chi connectivity index (χ0n) is 10.1. The van der Waals surface area contributed by atoms with Gasteiger partial charge < -0.3 is 5.32 Å². The van der Waals surface area contributed by atoms with Crippen LogP contribution in [0, 0.1) is 6.92 Å². The van der Waals surface area contributed by atoms with Gasteiger partial charge in [-0.15, -0.1) is 0 Å². The average Bonchev–Trinajstić information content (AvgIpc) is 2.39. The molecule has 1 aliphatic heterocycles. The normalized spacial score (nSPS) is 18.8. The molecule has 1 heterocycles. The molecular weight excluding hydrogens is 206 g/mol. The minimum Gasteiger partial charge on any atom is -0.306 e. The fraction of sp³-hybridized carbons (Fsp3) is 0.250. The van der Waals surface area contributed by atoms with E-state index in [1.807, 2.05) is 0 Å². The molecule has 1 N–H and O–H groups in total. The summed E-state index contributed by atoms with van der Waals surface area (Å²) < 4.78 is 0. The van der Waals surface area contributed by atoms with Gasteiger partial charge in [-0.3, -0.25) is 0 Å². The minimum atomic E-state index is 0.463. The van der Waals surface area contributed by atoms with Crippen LogP contribution in [0.15, 0.2) is 48.5 Å². The van der Waals surface area contributed by atoms with E-state index < -0.39 is 0 Å². The molecule has 0 aliphatic carbocycles. The molecule has 0 spiro atoms. The van der Waals surface area contributed by atoms with Crippen LogP contribution >= 0.6 is 0 Å². The van der Waals surface area contributed by atoms with E-state index in [4.69, 9.17) is 0 Å². The van der Waals surface area contributed by atoms with Crippen molar-refractivity contribution in [2.45, 2.75) is 25.9 Å². The van der Waals surface area contributed by atoms with Crippen molar-refractivity contribution in [2.75, 3.05) is 0 Å². The maximum absolute atomic E-state index is 3.61. The number of hydrogen-bond donors (Lipinski definition) is 1. The first kappa shape index (κ1) is 10.5. The monoisotopic (exact) mass is 223 g/mol. The van der Waals surface area contributed by atoms with E-state index >= 15 is 0 Å². The summed E-state index contributed by atoms with van der Waals surface area (Å²) >= 11 is 0. The van der Waals surface area contributed by atoms with Gasteiger partial charge in [-0.25, -0.2) is 0 Å². The first-order chi connectivity index (χ1) is 8.33. The lowest BCUT2D eigenvalue weighted by molar-refractivity contribution is 0.499. The molecule has 0 bridgehead atoms. The van der Waals surface area contributed by atoms with Gasteiger partial charge in [0.05, 0.1) is 0 Å². The molecule has 17 heavy (non-hydrogen) atoms. The number of rotatable bonds is 1. The number of hydrogen-bond acceptors (Lipinski definition) is 1. The standard InChI is InChI=1S/C16H17N/c1-12-6-8-13(9-7-12)16-10-14-4-2-3-5-15(14)11-17-16/h2-9,16-17H,10-11H2,1H3. The Kier molecular flexibility index (Phi) is 2.69. The number of aryl methyl sites for hydroxylation is 1. The molecule has 2 aromatic carbocycles. The molecule has 1 heteroatoms. The zero-order valence-corrected chi connectivity index (χ0v) is 10.1. The van der Waals surface area contributed by atoms with Gasteiger partial charge in [0.15, 0.2) is 0 Å². The van der Waals surface area contributed by atoms with Crippen molar-refractivity contribution in [2.24, 2.45) is 0 Å². The molecule has 0 aromatic heterocycles. The van der Waals surface area contributed by atoms with Crippen LogP contribution in [0.2, 0.25) is 0 Å². The van der Waals surface area contributed by atoms with Crippen molar-refractivity contribution in [1.82, 2.24) is 5.32 Å². The fourth-order valence-electron chi connectivity index (χ4n) is 2.49. The van der Waals surface area contributed by atoms with E-state index in [0.717, 1.165) is 13.0 Å². The van der Waals surface area contributed by atoms with E-state index in [-0.39, 0.29) is 0 Å². The second kappa shape index (κ2) is 4.34. The lowest BCUT2D eigenvalue weighted by Gasteiger charge is -2.26. The molecule has 86 valence electrons. The van der Waals surface area contributed by atoms with Gasteiger partial charge in [0.2, 0.25) is 0 Å². The van der Waals surface area contributed by atoms with Crippen molar-refractivity contribution in [1.29, 1.82) is 0 Å². The summed E-state index contributed by atoms with van der Waals surface area (Å²) in [6.45, 7) is 3.11. The van der Waals surface area contributed by atoms with Gasteiger partial charge in [-0.2, -0.15) is 0 Å². The quantitative estimate of drug-likeness (QED) is 0.781. The van der Waals surface area contributed by atoms with Crippen LogP contribution in [0.3, 0.4) is 0 Å². The SMILES string of the molecule is Cc1ccc(C2Cc3ccccc3CN2)cc1. The van der Waals surface area contributed by atoms with Crippen LogP contribution in [-0.2, 0) is 13.0 Å². The third-order valence-corrected chi connectivity index (χ3v) is 3.56. The second-order valence-corrected chi connectivity index (χ2v) is 4.82. The van der Waals surface area contributed by atoms with Crippen LogP contribution in [-0.4, -0.2) is 0 Å². The summed E-state index contributed by atoms with van der Waals surface area (Å²) in [7, 11) is 0. The van der Waals surface area contributed by atoms with Crippen LogP contribution in [0.4, 0.5) is 0 Å². The molecule has 0 amide bonds. The highest BCUT2D eigenvalue weighted by atomic mass is 14.9. The van der Waals surface area contributed by atoms with E-state index in [9.17, 15) is 0 Å². The largest absolute Gasteiger partial charge is 0.306 e. The van der Waals surface area contributed by atoms with Crippen molar-refractivity contribution < 1.29 is 0 Å². The Hall–Kier alpha value is -1.60. The molecular formula is C16H17N. The first-order valence-corrected chi connectivity index (χ1v) is 6.19. The zero-order chi connectivity index (χ0) is 11.7. The summed E-state index contributed by atoms with van der Waals surface area (Å²) in [5.74, 6) is 0. The van der Waals surface area contributed by atoms with E-state index in [1.165, 1.54) is 22.3 Å². The van der Waals surface area contributed by atoms with Gasteiger partial charge >= 0.3 is 0 Å². The smallest absolute Gasteiger partial charge is 0.0363 e. The summed E-state index contributed by atoms with van der Waals surface area (Å²) in [6.07, 6.45) is 1.10. The maximum atomic E-state index is 3.61. The first-order valence-electron chi connectivity index (χ1n) is 6.19. The highest BCUT2D eigenvalue weighted by Crippen LogP contribution is 2.25. The Morgan fingerprint density at radius 2 is 1.65 bits per heavy atom. The molecule has 1 atom stereocenters. The number of fused-ring (bicyclic) bond motifs is 1. The van der Waals surface area contributed by atoms with Crippen LogP contribution in [0.5, 0.6) is 0 Å². The Morgan fingerprint density at radius 3 is 2.41 bits per heavy atom. The molecule has 0 saturated carbocycles. The number of benzene rings is 2. The van der Waals surface area contributed by atoms with Gasteiger partial charge in [0.25, 0.3) is 0 Å². The third-order valence-electron chi connectivity index (χ3n) is 3.56. The van der Waals surface area contributed by atoms with E-state index in [2.05, 4.69) is 60.8 Å². The van der Waals surface area contributed by atoms with Crippen molar-refractivity contribution in [3.05, 3.63) is 70.8 Å². The lowest BCUT2D eigenvalue weighted by atomic mass is 9.91. The maximum Gasteiger partial charge on any atom is 0.0363 e. The Bertz CT molecular complexity index is 513. The molecule has 0 saturated heterocycles. The van der Waals surface area contributed by atoms with Crippen molar-refractivity contribution in [3.8, 4) is 0 Å². The Morgan fingerprint density at radius 1 is 0.941 bits per heavy atom. The molecule has 1 aliphatic rings. The van der Waals surface area contributed by atoms with E-state index in [1.54, 1.807) is 0 Å². The van der Waals surface area contributed by atoms with Gasteiger partial charge in [0, 0.05) is 12.6 Å². The molecule has 2 aromatic rings. The van der Waals surface area contributed by atoms with Crippen LogP contribution in [0.1, 0.15) is 28.3 Å². The lowest BCUT2D eigenvalue weighted by Crippen LogP contribution is -2.28. The van der Waals surface area contributed by atoms with Gasteiger partial charge in [0.1, 0.15) is 0 Å². The van der Waals surface area contributed by atoms with Gasteiger partial charge in [-0.05, 0) is 30.0 Å². The summed E-state index contributed by atoms with van der Waals surface area (Å²) in [6, 6.07) is 18.0. The Labute approximate surface area is 102 Å². The summed E-state index contributed by atoms with van der Waals surface area (Å²) in [5, 5.41) is 3.61. The third kappa shape index (κ3) is 2.11. The van der Waals surface area contributed by atoms with Crippen LogP contribution < -0.4 is 5.32 Å². The summed E-state index contributed by atoms with van der Waals surface area (Å²) in [4.78, 5) is 0. The highest BCUT2D eigenvalue weighted by Gasteiger charge is 2.18. The number of nitrogens with one attached hydrogen (secondary N) is 1. The van der Waals surface area contributed by atoms with Crippen LogP contribution in [0.25, 0.3) is 0 Å². The highest BCUT2D eigenvalue weighted by molar-refractivity contribution is 5.33. The topological polar surface area (TPSA) is 12.0 Å². The predicted molar refractivity (Wildman–Crippen MR) is 70.9 cm³/mol. The molecule has 0 radical (unpaired) electrons. The van der Waals surface area contributed by atoms with Crippen molar-refractivity contribution in [3.63, 3.8) is 0 Å². The van der Waals surface area contributed by atoms with Crippen molar-refractivity contribution >= 4 is 0 Å². The fourth-order valence-corrected chi connectivity index (χ4v) is 2.49. The summed E-state index contributed by atoms with van der Waals surface area (Å²) in [5.41, 5.74) is 5.64. The minimum absolute atomic E-state index is 0.463. The second-order valence-electron chi connectivity index (χ2n) is 4.82. The molecule has 0 fully saturated rings. The van der Waals surface area contributed by atoms with E-state index in [0.29, 0.717) is 6.04 Å². The predicted octanol–water partition coefficient (Wildman–Crippen LogP) is 3.38. The molecule has 1 nitrogen and oxygen atoms in total. The molecule has 3 rings (SSSR count). The Balaban J connectivity index is 1.86. The average molecular weight is 223 g/mol. The molecule has 1 unspecified atom stereocenters.